The minimum atomic E-state index is -0.531. The highest BCUT2D eigenvalue weighted by molar-refractivity contribution is 6.28. The molecular formula is C24H22N2O4. The van der Waals surface area contributed by atoms with Crippen LogP contribution in [0.2, 0.25) is 0 Å². The predicted molar refractivity (Wildman–Crippen MR) is 118 cm³/mol. The van der Waals surface area contributed by atoms with Crippen LogP contribution in [0.1, 0.15) is 5.56 Å². The lowest BCUT2D eigenvalue weighted by Crippen LogP contribution is -2.25. The highest BCUT2D eigenvalue weighted by Gasteiger charge is 2.19. The molecule has 0 aliphatic heterocycles. The summed E-state index contributed by atoms with van der Waals surface area (Å²) < 4.78 is 10.6. The van der Waals surface area contributed by atoms with Crippen LogP contribution < -0.4 is 20.1 Å². The summed E-state index contributed by atoms with van der Waals surface area (Å²) >= 11 is 0. The molecule has 3 rings (SSSR count). The van der Waals surface area contributed by atoms with Crippen LogP contribution in [-0.4, -0.2) is 26.0 Å². The topological polar surface area (TPSA) is 76.7 Å². The van der Waals surface area contributed by atoms with E-state index in [2.05, 4.69) is 10.6 Å². The summed E-state index contributed by atoms with van der Waals surface area (Å²) in [6.07, 6.45) is 1.50. The normalized spacial score (nSPS) is 9.93. The monoisotopic (exact) mass is 402 g/mol. The second kappa shape index (κ2) is 9.93. The maximum absolute atomic E-state index is 13.0. The molecule has 0 bridgehead atoms. The number of ether oxygens (including phenoxy) is 2. The summed E-state index contributed by atoms with van der Waals surface area (Å²) in [5.74, 6) is 0.0339. The molecule has 30 heavy (non-hydrogen) atoms. The molecule has 0 atom stereocenters. The van der Waals surface area contributed by atoms with Crippen molar-refractivity contribution in [3.8, 4) is 11.5 Å². The number of rotatable bonds is 7. The fourth-order valence-electron chi connectivity index (χ4n) is 2.75. The minimum absolute atomic E-state index is 0.0574. The Morgan fingerprint density at radius 3 is 1.53 bits per heavy atom. The van der Waals surface area contributed by atoms with Gasteiger partial charge in [-0.05, 0) is 48.0 Å². The number of carbonyl (C=O) groups excluding carboxylic acids is 2. The summed E-state index contributed by atoms with van der Waals surface area (Å²) in [4.78, 5) is 25.9. The number of amides is 2. The standard InChI is InChI=1S/C24H22N2O4/c1-29-20-13-17(14-21(16-20)30-2)15-22(23(27)25-18-9-5-3-6-10-18)24(28)26-19-11-7-4-8-12-19/h3-16H,1-2H3,(H,25,27)(H,26,28). The van der Waals surface area contributed by atoms with E-state index in [1.807, 2.05) is 12.1 Å². The molecule has 0 aromatic heterocycles. The van der Waals surface area contributed by atoms with E-state index in [0.717, 1.165) is 0 Å². The van der Waals surface area contributed by atoms with E-state index in [4.69, 9.17) is 9.47 Å². The van der Waals surface area contributed by atoms with Crippen molar-refractivity contribution >= 4 is 29.3 Å². The molecule has 152 valence electrons. The van der Waals surface area contributed by atoms with Crippen molar-refractivity contribution in [1.29, 1.82) is 0 Å². The van der Waals surface area contributed by atoms with Crippen LogP contribution in [0.3, 0.4) is 0 Å². The molecule has 6 heteroatoms. The molecular weight excluding hydrogens is 380 g/mol. The number of carbonyl (C=O) groups is 2. The van der Waals surface area contributed by atoms with Gasteiger partial charge in [-0.1, -0.05) is 36.4 Å². The Balaban J connectivity index is 1.97. The van der Waals surface area contributed by atoms with Gasteiger partial charge >= 0.3 is 0 Å². The maximum Gasteiger partial charge on any atom is 0.261 e. The van der Waals surface area contributed by atoms with Gasteiger partial charge in [-0.3, -0.25) is 9.59 Å². The van der Waals surface area contributed by atoms with Gasteiger partial charge < -0.3 is 20.1 Å². The first kappa shape index (κ1) is 20.7. The maximum atomic E-state index is 13.0. The molecule has 0 saturated heterocycles. The molecule has 2 N–H and O–H groups in total. The van der Waals surface area contributed by atoms with Crippen molar-refractivity contribution in [3.05, 3.63) is 90.0 Å². The molecule has 0 spiro atoms. The second-order valence-electron chi connectivity index (χ2n) is 6.34. The molecule has 0 saturated carbocycles. The molecule has 0 aliphatic carbocycles. The van der Waals surface area contributed by atoms with E-state index >= 15 is 0 Å². The van der Waals surface area contributed by atoms with Gasteiger partial charge in [-0.15, -0.1) is 0 Å². The van der Waals surface area contributed by atoms with E-state index in [0.29, 0.717) is 28.4 Å². The summed E-state index contributed by atoms with van der Waals surface area (Å²) in [6.45, 7) is 0. The van der Waals surface area contributed by atoms with Gasteiger partial charge in [0.2, 0.25) is 0 Å². The smallest absolute Gasteiger partial charge is 0.261 e. The Morgan fingerprint density at radius 2 is 1.13 bits per heavy atom. The van der Waals surface area contributed by atoms with Crippen molar-refractivity contribution in [2.75, 3.05) is 24.9 Å². The summed E-state index contributed by atoms with van der Waals surface area (Å²) in [6, 6.07) is 23.0. The fourth-order valence-corrected chi connectivity index (χ4v) is 2.75. The zero-order valence-electron chi connectivity index (χ0n) is 16.7. The summed E-state index contributed by atoms with van der Waals surface area (Å²) in [5.41, 5.74) is 1.71. The van der Waals surface area contributed by atoms with Gasteiger partial charge in [0.15, 0.2) is 0 Å². The van der Waals surface area contributed by atoms with Gasteiger partial charge in [0.1, 0.15) is 17.1 Å². The van der Waals surface area contributed by atoms with Gasteiger partial charge in [0.05, 0.1) is 14.2 Å². The first-order valence-corrected chi connectivity index (χ1v) is 9.26. The summed E-state index contributed by atoms with van der Waals surface area (Å²) in [5, 5.41) is 5.51. The van der Waals surface area contributed by atoms with E-state index < -0.39 is 11.8 Å². The Kier molecular flexibility index (Phi) is 6.84. The van der Waals surface area contributed by atoms with Crippen LogP contribution in [-0.2, 0) is 9.59 Å². The summed E-state index contributed by atoms with van der Waals surface area (Å²) in [7, 11) is 3.07. The first-order chi connectivity index (χ1) is 14.6. The third-order valence-electron chi connectivity index (χ3n) is 4.24. The average molecular weight is 402 g/mol. The zero-order chi connectivity index (χ0) is 21.3. The Morgan fingerprint density at radius 1 is 0.700 bits per heavy atom. The largest absolute Gasteiger partial charge is 0.497 e. The van der Waals surface area contributed by atoms with Crippen LogP contribution in [0, 0.1) is 0 Å². The molecule has 2 amide bonds. The third-order valence-corrected chi connectivity index (χ3v) is 4.24. The molecule has 3 aromatic carbocycles. The molecule has 0 radical (unpaired) electrons. The van der Waals surface area contributed by atoms with E-state index in [1.54, 1.807) is 66.7 Å². The number of para-hydroxylation sites is 2. The Bertz CT molecular complexity index is 970. The van der Waals surface area contributed by atoms with Crippen LogP contribution in [0.25, 0.3) is 6.08 Å². The number of hydrogen-bond acceptors (Lipinski definition) is 4. The zero-order valence-corrected chi connectivity index (χ0v) is 16.7. The van der Waals surface area contributed by atoms with Crippen molar-refractivity contribution in [2.45, 2.75) is 0 Å². The molecule has 0 fully saturated rings. The van der Waals surface area contributed by atoms with Gasteiger partial charge in [0.25, 0.3) is 11.8 Å². The van der Waals surface area contributed by atoms with Crippen molar-refractivity contribution < 1.29 is 19.1 Å². The number of methoxy groups -OCH3 is 2. The lowest BCUT2D eigenvalue weighted by Gasteiger charge is -2.11. The predicted octanol–water partition coefficient (Wildman–Crippen LogP) is 4.36. The van der Waals surface area contributed by atoms with E-state index in [-0.39, 0.29) is 5.57 Å². The van der Waals surface area contributed by atoms with E-state index in [1.165, 1.54) is 20.3 Å². The first-order valence-electron chi connectivity index (χ1n) is 9.26. The number of benzene rings is 3. The third kappa shape index (κ3) is 5.48. The van der Waals surface area contributed by atoms with Crippen LogP contribution in [0.5, 0.6) is 11.5 Å². The fraction of sp³-hybridized carbons (Fsp3) is 0.0833. The lowest BCUT2D eigenvalue weighted by molar-refractivity contribution is -0.118. The van der Waals surface area contributed by atoms with Gasteiger partial charge in [-0.2, -0.15) is 0 Å². The number of nitrogens with one attached hydrogen (secondary N) is 2. The highest BCUT2D eigenvalue weighted by atomic mass is 16.5. The van der Waals surface area contributed by atoms with Crippen LogP contribution in [0.4, 0.5) is 11.4 Å². The van der Waals surface area contributed by atoms with E-state index in [9.17, 15) is 9.59 Å². The molecule has 0 aliphatic rings. The minimum Gasteiger partial charge on any atom is -0.497 e. The number of anilines is 2. The molecule has 0 heterocycles. The van der Waals surface area contributed by atoms with Gasteiger partial charge in [0, 0.05) is 17.4 Å². The quantitative estimate of drug-likeness (QED) is 0.350. The highest BCUT2D eigenvalue weighted by Crippen LogP contribution is 2.24. The number of hydrogen-bond donors (Lipinski definition) is 2. The van der Waals surface area contributed by atoms with Crippen LogP contribution in [0.15, 0.2) is 84.4 Å². The SMILES string of the molecule is COc1cc(C=C(C(=O)Nc2ccccc2)C(=O)Nc2ccccc2)cc(OC)c1. The Labute approximate surface area is 175 Å². The van der Waals surface area contributed by atoms with Gasteiger partial charge in [-0.25, -0.2) is 0 Å². The van der Waals surface area contributed by atoms with Crippen molar-refractivity contribution in [2.24, 2.45) is 0 Å². The van der Waals surface area contributed by atoms with Crippen LogP contribution >= 0.6 is 0 Å². The Hall–Kier alpha value is -4.06. The molecule has 3 aromatic rings. The van der Waals surface area contributed by atoms with Crippen molar-refractivity contribution in [1.82, 2.24) is 0 Å². The average Bonchev–Trinajstić information content (AvgIpc) is 2.78. The molecule has 6 nitrogen and oxygen atoms in total. The lowest BCUT2D eigenvalue weighted by atomic mass is 10.1. The van der Waals surface area contributed by atoms with Crippen molar-refractivity contribution in [3.63, 3.8) is 0 Å². The molecule has 0 unspecified atom stereocenters. The second-order valence-corrected chi connectivity index (χ2v) is 6.34.